The topological polar surface area (TPSA) is 37.0 Å². The molecule has 1 fully saturated rings. The van der Waals surface area contributed by atoms with E-state index in [1.165, 1.54) is 29.6 Å². The van der Waals surface area contributed by atoms with E-state index in [1.54, 1.807) is 0 Å². The van der Waals surface area contributed by atoms with Crippen molar-refractivity contribution in [2.75, 3.05) is 18.4 Å². The van der Waals surface area contributed by atoms with Crippen LogP contribution < -0.4 is 10.6 Å². The second kappa shape index (κ2) is 6.91. The molecule has 2 N–H and O–H groups in total. The Bertz CT molecular complexity index is 565. The van der Waals surface area contributed by atoms with Crippen molar-refractivity contribution in [1.29, 1.82) is 0 Å². The van der Waals surface area contributed by atoms with Crippen molar-refractivity contribution in [2.45, 2.75) is 32.2 Å². The zero-order valence-corrected chi connectivity index (χ0v) is 12.7. The lowest BCUT2D eigenvalue weighted by atomic mass is 10.1. The van der Waals surface area contributed by atoms with Gasteiger partial charge in [0.2, 0.25) is 0 Å². The van der Waals surface area contributed by atoms with Gasteiger partial charge in [0.05, 0.1) is 16.9 Å². The maximum Gasteiger partial charge on any atom is 0.0706 e. The second-order valence-corrected chi connectivity index (χ2v) is 5.20. The SMILES string of the molecule is CCc1nc2ccccc2cc1NC1CCNCC1.Cl. The third-order valence-corrected chi connectivity index (χ3v) is 3.84. The molecule has 0 bridgehead atoms. The summed E-state index contributed by atoms with van der Waals surface area (Å²) in [5.41, 5.74) is 3.49. The number of benzene rings is 1. The van der Waals surface area contributed by atoms with Gasteiger partial charge in [-0.1, -0.05) is 25.1 Å². The van der Waals surface area contributed by atoms with Crippen LogP contribution in [0.4, 0.5) is 5.69 Å². The zero-order valence-electron chi connectivity index (χ0n) is 11.9. The molecule has 0 spiro atoms. The van der Waals surface area contributed by atoms with E-state index in [-0.39, 0.29) is 12.4 Å². The van der Waals surface area contributed by atoms with Crippen LogP contribution in [0.5, 0.6) is 0 Å². The summed E-state index contributed by atoms with van der Waals surface area (Å²) in [5.74, 6) is 0. The van der Waals surface area contributed by atoms with E-state index < -0.39 is 0 Å². The summed E-state index contributed by atoms with van der Waals surface area (Å²) in [6.45, 7) is 4.39. The number of hydrogen-bond donors (Lipinski definition) is 2. The van der Waals surface area contributed by atoms with E-state index in [9.17, 15) is 0 Å². The first kappa shape index (κ1) is 15.1. The third-order valence-electron chi connectivity index (χ3n) is 3.84. The number of hydrogen-bond acceptors (Lipinski definition) is 3. The molecule has 0 unspecified atom stereocenters. The van der Waals surface area contributed by atoms with Crippen LogP contribution in [-0.2, 0) is 6.42 Å². The molecule has 1 saturated heterocycles. The molecule has 20 heavy (non-hydrogen) atoms. The monoisotopic (exact) mass is 291 g/mol. The number of halogens is 1. The minimum atomic E-state index is 0. The molecule has 1 aliphatic heterocycles. The Hall–Kier alpha value is -1.32. The summed E-state index contributed by atoms with van der Waals surface area (Å²) in [6, 6.07) is 11.2. The van der Waals surface area contributed by atoms with Gasteiger partial charge in [0.25, 0.3) is 0 Å². The maximum atomic E-state index is 4.78. The van der Waals surface area contributed by atoms with Crippen molar-refractivity contribution in [3.05, 3.63) is 36.0 Å². The Balaban J connectivity index is 0.00000147. The zero-order chi connectivity index (χ0) is 13.1. The lowest BCUT2D eigenvalue weighted by Gasteiger charge is -2.25. The Morgan fingerprint density at radius 1 is 1.25 bits per heavy atom. The van der Waals surface area contributed by atoms with Gasteiger partial charge in [-0.25, -0.2) is 0 Å². The van der Waals surface area contributed by atoms with Gasteiger partial charge >= 0.3 is 0 Å². The number of para-hydroxylation sites is 1. The van der Waals surface area contributed by atoms with Gasteiger partial charge in [0.1, 0.15) is 0 Å². The summed E-state index contributed by atoms with van der Waals surface area (Å²) >= 11 is 0. The van der Waals surface area contributed by atoms with Crippen molar-refractivity contribution < 1.29 is 0 Å². The second-order valence-electron chi connectivity index (χ2n) is 5.20. The summed E-state index contributed by atoms with van der Waals surface area (Å²) in [5, 5.41) is 8.31. The quantitative estimate of drug-likeness (QED) is 0.910. The van der Waals surface area contributed by atoms with E-state index >= 15 is 0 Å². The van der Waals surface area contributed by atoms with Gasteiger partial charge in [0.15, 0.2) is 0 Å². The van der Waals surface area contributed by atoms with Crippen LogP contribution in [-0.4, -0.2) is 24.1 Å². The van der Waals surface area contributed by atoms with Crippen molar-refractivity contribution in [1.82, 2.24) is 10.3 Å². The minimum absolute atomic E-state index is 0. The molecule has 0 aliphatic carbocycles. The molecule has 2 heterocycles. The van der Waals surface area contributed by atoms with Crippen LogP contribution >= 0.6 is 12.4 Å². The molecule has 108 valence electrons. The molecule has 4 heteroatoms. The number of nitrogens with one attached hydrogen (secondary N) is 2. The van der Waals surface area contributed by atoms with Crippen molar-refractivity contribution >= 4 is 29.0 Å². The van der Waals surface area contributed by atoms with E-state index in [2.05, 4.69) is 47.9 Å². The van der Waals surface area contributed by atoms with E-state index in [1.807, 2.05) is 0 Å². The number of rotatable bonds is 3. The molecule has 1 aliphatic rings. The van der Waals surface area contributed by atoms with Crippen LogP contribution in [0.15, 0.2) is 30.3 Å². The number of anilines is 1. The largest absolute Gasteiger partial charge is 0.381 e. The molecule has 3 rings (SSSR count). The lowest BCUT2D eigenvalue weighted by Crippen LogP contribution is -2.35. The molecule has 0 saturated carbocycles. The number of pyridine rings is 1. The summed E-state index contributed by atoms with van der Waals surface area (Å²) in [6.07, 6.45) is 3.35. The first-order valence-corrected chi connectivity index (χ1v) is 7.22. The summed E-state index contributed by atoms with van der Waals surface area (Å²) in [4.78, 5) is 4.78. The highest BCUT2D eigenvalue weighted by atomic mass is 35.5. The predicted octanol–water partition coefficient (Wildman–Crippen LogP) is 3.38. The van der Waals surface area contributed by atoms with Crippen molar-refractivity contribution in [2.24, 2.45) is 0 Å². The Kier molecular flexibility index (Phi) is 5.21. The fourth-order valence-electron chi connectivity index (χ4n) is 2.74. The molecule has 0 atom stereocenters. The Labute approximate surface area is 126 Å². The van der Waals surface area contributed by atoms with Crippen LogP contribution in [0.1, 0.15) is 25.5 Å². The molecular weight excluding hydrogens is 270 g/mol. The standard InChI is InChI=1S/C16H21N3.ClH/c1-2-14-16(18-13-7-9-17-10-8-13)11-12-5-3-4-6-15(12)19-14;/h3-6,11,13,17-18H,2,7-10H2,1H3;1H. The van der Waals surface area contributed by atoms with Gasteiger partial charge in [-0.05, 0) is 44.5 Å². The highest BCUT2D eigenvalue weighted by Gasteiger charge is 2.14. The van der Waals surface area contributed by atoms with Gasteiger partial charge in [-0.2, -0.15) is 0 Å². The van der Waals surface area contributed by atoms with Gasteiger partial charge in [-0.3, -0.25) is 4.98 Å². The normalized spacial score (nSPS) is 15.8. The van der Waals surface area contributed by atoms with Crippen LogP contribution in [0.3, 0.4) is 0 Å². The molecular formula is C16H22ClN3. The van der Waals surface area contributed by atoms with Gasteiger partial charge in [-0.15, -0.1) is 12.4 Å². The number of nitrogens with zero attached hydrogens (tertiary/aromatic N) is 1. The molecule has 2 aromatic rings. The van der Waals surface area contributed by atoms with E-state index in [4.69, 9.17) is 4.98 Å². The van der Waals surface area contributed by atoms with Crippen LogP contribution in [0.25, 0.3) is 10.9 Å². The number of aromatic nitrogens is 1. The summed E-state index contributed by atoms with van der Waals surface area (Å²) in [7, 11) is 0. The maximum absolute atomic E-state index is 4.78. The van der Waals surface area contributed by atoms with E-state index in [0.29, 0.717) is 6.04 Å². The number of aryl methyl sites for hydroxylation is 1. The number of piperidine rings is 1. The highest BCUT2D eigenvalue weighted by molar-refractivity contribution is 5.85. The van der Waals surface area contributed by atoms with Crippen LogP contribution in [0.2, 0.25) is 0 Å². The molecule has 0 radical (unpaired) electrons. The minimum Gasteiger partial charge on any atom is -0.381 e. The predicted molar refractivity (Wildman–Crippen MR) is 87.9 cm³/mol. The number of fused-ring (bicyclic) bond motifs is 1. The summed E-state index contributed by atoms with van der Waals surface area (Å²) < 4.78 is 0. The lowest BCUT2D eigenvalue weighted by molar-refractivity contribution is 0.479. The molecule has 3 nitrogen and oxygen atoms in total. The van der Waals surface area contributed by atoms with Gasteiger partial charge in [0, 0.05) is 11.4 Å². The molecule has 1 aromatic carbocycles. The van der Waals surface area contributed by atoms with E-state index in [0.717, 1.165) is 25.0 Å². The third kappa shape index (κ3) is 3.22. The van der Waals surface area contributed by atoms with Crippen LogP contribution in [0, 0.1) is 0 Å². The Morgan fingerprint density at radius 3 is 2.75 bits per heavy atom. The highest BCUT2D eigenvalue weighted by Crippen LogP contribution is 2.23. The average Bonchev–Trinajstić information content (AvgIpc) is 2.47. The van der Waals surface area contributed by atoms with Gasteiger partial charge < -0.3 is 10.6 Å². The fraction of sp³-hybridized carbons (Fsp3) is 0.438. The average molecular weight is 292 g/mol. The fourth-order valence-corrected chi connectivity index (χ4v) is 2.74. The first-order chi connectivity index (χ1) is 9.36. The smallest absolute Gasteiger partial charge is 0.0706 e. The van der Waals surface area contributed by atoms with Crippen molar-refractivity contribution in [3.63, 3.8) is 0 Å². The Morgan fingerprint density at radius 2 is 2.00 bits per heavy atom. The molecule has 0 amide bonds. The first-order valence-electron chi connectivity index (χ1n) is 7.22. The van der Waals surface area contributed by atoms with Crippen molar-refractivity contribution in [3.8, 4) is 0 Å². The molecule has 1 aromatic heterocycles.